The highest BCUT2D eigenvalue weighted by Crippen LogP contribution is 2.33. The van der Waals surface area contributed by atoms with Gasteiger partial charge in [0, 0.05) is 10.5 Å². The van der Waals surface area contributed by atoms with Crippen LogP contribution in [0.4, 0.5) is 0 Å². The van der Waals surface area contributed by atoms with Crippen molar-refractivity contribution in [1.29, 1.82) is 0 Å². The van der Waals surface area contributed by atoms with Crippen LogP contribution in [0.5, 0.6) is 0 Å². The van der Waals surface area contributed by atoms with E-state index in [1.165, 1.54) is 29.7 Å². The van der Waals surface area contributed by atoms with Crippen molar-refractivity contribution in [2.24, 2.45) is 0 Å². The van der Waals surface area contributed by atoms with Gasteiger partial charge in [0.1, 0.15) is 7.05 Å². The maximum Gasteiger partial charge on any atom is 0.207 e. The molecule has 0 saturated heterocycles. The Morgan fingerprint density at radius 3 is 3.36 bits per heavy atom. The number of allylic oxidation sites excluding steroid dienone is 2. The fraction of sp³-hybridized carbons (Fsp3) is 0.444. The van der Waals surface area contributed by atoms with Gasteiger partial charge in [0.25, 0.3) is 0 Å². The van der Waals surface area contributed by atoms with Gasteiger partial charge < -0.3 is 0 Å². The topological polar surface area (TPSA) is 3.01 Å². The third-order valence-corrected chi connectivity index (χ3v) is 3.12. The Hall–Kier alpha value is -0.500. The summed E-state index contributed by atoms with van der Waals surface area (Å²) in [7, 11) is 2.09. The van der Waals surface area contributed by atoms with Crippen LogP contribution in [0.1, 0.15) is 19.3 Å². The molecule has 1 aliphatic heterocycles. The fourth-order valence-corrected chi connectivity index (χ4v) is 2.31. The van der Waals surface area contributed by atoms with Gasteiger partial charge in [-0.3, -0.25) is 0 Å². The normalized spacial score (nSPS) is 23.2. The Kier molecular flexibility index (Phi) is 1.86. The average molecular weight is 166 g/mol. The Bertz CT molecular complexity index is 261. The third kappa shape index (κ3) is 1.41. The zero-order valence-corrected chi connectivity index (χ0v) is 7.53. The molecule has 58 valence electrons. The lowest BCUT2D eigenvalue weighted by Crippen LogP contribution is -2.06. The molecule has 0 aromatic carbocycles. The molecule has 0 amide bonds. The van der Waals surface area contributed by atoms with Gasteiger partial charge in [-0.1, -0.05) is 6.08 Å². The molecule has 0 unspecified atom stereocenters. The smallest absolute Gasteiger partial charge is 0.202 e. The van der Waals surface area contributed by atoms with Crippen molar-refractivity contribution >= 4 is 17.3 Å². The SMILES string of the molecule is C[N+]1=CSC2=CCCCC2=C1. The number of rotatable bonds is 0. The zero-order chi connectivity index (χ0) is 7.68. The van der Waals surface area contributed by atoms with Crippen molar-refractivity contribution in [3.8, 4) is 0 Å². The van der Waals surface area contributed by atoms with Gasteiger partial charge in [-0.15, -0.1) is 0 Å². The third-order valence-electron chi connectivity index (χ3n) is 2.00. The van der Waals surface area contributed by atoms with E-state index < -0.39 is 0 Å². The molecular weight excluding hydrogens is 154 g/mol. The van der Waals surface area contributed by atoms with E-state index in [4.69, 9.17) is 0 Å². The maximum atomic E-state index is 2.35. The van der Waals surface area contributed by atoms with Gasteiger partial charge in [-0.2, -0.15) is 0 Å². The van der Waals surface area contributed by atoms with Crippen LogP contribution in [-0.2, 0) is 0 Å². The van der Waals surface area contributed by atoms with Crippen molar-refractivity contribution in [3.63, 3.8) is 0 Å². The molecule has 1 nitrogen and oxygen atoms in total. The first-order chi connectivity index (χ1) is 5.36. The number of hydrogen-bond donors (Lipinski definition) is 0. The van der Waals surface area contributed by atoms with Crippen molar-refractivity contribution in [2.45, 2.75) is 19.3 Å². The molecule has 2 aliphatic rings. The summed E-state index contributed by atoms with van der Waals surface area (Å²) in [5, 5.41) is 0. The van der Waals surface area contributed by atoms with E-state index in [1.54, 1.807) is 0 Å². The van der Waals surface area contributed by atoms with Gasteiger partial charge in [-0.05, 0) is 31.0 Å². The first-order valence-electron chi connectivity index (χ1n) is 3.99. The van der Waals surface area contributed by atoms with Crippen LogP contribution in [0.15, 0.2) is 22.8 Å². The fourth-order valence-electron chi connectivity index (χ4n) is 1.45. The second kappa shape index (κ2) is 2.86. The Labute approximate surface area is 71.5 Å². The molecule has 2 heteroatoms. The van der Waals surface area contributed by atoms with Crippen LogP contribution >= 0.6 is 11.8 Å². The molecule has 1 heterocycles. The Morgan fingerprint density at radius 2 is 2.45 bits per heavy atom. The summed E-state index contributed by atoms with van der Waals surface area (Å²) in [6.45, 7) is 0. The van der Waals surface area contributed by atoms with E-state index in [0.29, 0.717) is 0 Å². The largest absolute Gasteiger partial charge is 0.207 e. The molecule has 0 bridgehead atoms. The number of hydrogen-bond acceptors (Lipinski definition) is 1. The van der Waals surface area contributed by atoms with Crippen LogP contribution in [0.25, 0.3) is 0 Å². The van der Waals surface area contributed by atoms with Crippen LogP contribution in [0.3, 0.4) is 0 Å². The predicted molar refractivity (Wildman–Crippen MR) is 49.9 cm³/mol. The van der Waals surface area contributed by atoms with Gasteiger partial charge in [0.05, 0.1) is 0 Å². The lowest BCUT2D eigenvalue weighted by atomic mass is 10.0. The number of thioether (sulfide) groups is 1. The van der Waals surface area contributed by atoms with E-state index in [0.717, 1.165) is 0 Å². The van der Waals surface area contributed by atoms with Crippen molar-refractivity contribution in [2.75, 3.05) is 7.05 Å². The number of fused-ring (bicyclic) bond motifs is 1. The van der Waals surface area contributed by atoms with E-state index in [1.807, 2.05) is 11.8 Å². The molecule has 1 aliphatic carbocycles. The van der Waals surface area contributed by atoms with Crippen LogP contribution < -0.4 is 0 Å². The minimum atomic E-state index is 1.26. The molecule has 0 spiro atoms. The first kappa shape index (κ1) is 7.17. The molecule has 0 N–H and O–H groups in total. The molecule has 2 rings (SSSR count). The second-order valence-electron chi connectivity index (χ2n) is 3.00. The van der Waals surface area contributed by atoms with Crippen LogP contribution in [0, 0.1) is 0 Å². The predicted octanol–water partition coefficient (Wildman–Crippen LogP) is 2.36. The lowest BCUT2D eigenvalue weighted by molar-refractivity contribution is -0.415. The van der Waals surface area contributed by atoms with Gasteiger partial charge in [0.15, 0.2) is 6.20 Å². The standard InChI is InChI=1S/C9H12NS/c1-10-6-8-4-2-3-5-9(8)11-7-10/h5-7H,2-4H2,1H3/q+1. The molecule has 0 atom stereocenters. The summed E-state index contributed by atoms with van der Waals surface area (Å²) < 4.78 is 2.14. The summed E-state index contributed by atoms with van der Waals surface area (Å²) >= 11 is 1.85. The zero-order valence-electron chi connectivity index (χ0n) is 6.71. The van der Waals surface area contributed by atoms with Crippen LogP contribution in [-0.4, -0.2) is 17.2 Å². The van der Waals surface area contributed by atoms with Gasteiger partial charge >= 0.3 is 0 Å². The summed E-state index contributed by atoms with van der Waals surface area (Å²) in [5.74, 6) is 0. The van der Waals surface area contributed by atoms with Crippen molar-refractivity contribution < 1.29 is 4.58 Å². The quantitative estimate of drug-likeness (QED) is 0.499. The van der Waals surface area contributed by atoms with Crippen molar-refractivity contribution in [1.82, 2.24) is 0 Å². The highest BCUT2D eigenvalue weighted by atomic mass is 32.2. The number of nitrogens with zero attached hydrogens (tertiary/aromatic N) is 1. The molecule has 0 aromatic rings. The van der Waals surface area contributed by atoms with Crippen molar-refractivity contribution in [3.05, 3.63) is 22.8 Å². The summed E-state index contributed by atoms with van der Waals surface area (Å²) in [5.41, 5.74) is 3.67. The van der Waals surface area contributed by atoms with Gasteiger partial charge in [-0.25, -0.2) is 4.58 Å². The van der Waals surface area contributed by atoms with E-state index in [9.17, 15) is 0 Å². The minimum absolute atomic E-state index is 1.26. The van der Waals surface area contributed by atoms with Gasteiger partial charge in [0.2, 0.25) is 5.55 Å². The molecule has 11 heavy (non-hydrogen) atoms. The first-order valence-corrected chi connectivity index (χ1v) is 4.87. The molecular formula is C9H12NS+. The maximum absolute atomic E-state index is 2.35. The van der Waals surface area contributed by atoms with E-state index in [2.05, 4.69) is 29.4 Å². The van der Waals surface area contributed by atoms with Crippen LogP contribution in [0.2, 0.25) is 0 Å². The summed E-state index contributed by atoms with van der Waals surface area (Å²) in [4.78, 5) is 1.48. The second-order valence-corrected chi connectivity index (χ2v) is 3.89. The summed E-state index contributed by atoms with van der Waals surface area (Å²) in [6, 6.07) is 0. The highest BCUT2D eigenvalue weighted by molar-refractivity contribution is 8.15. The molecule has 0 saturated carbocycles. The molecule has 0 radical (unpaired) electrons. The molecule has 0 fully saturated rings. The minimum Gasteiger partial charge on any atom is -0.202 e. The Balaban J connectivity index is 2.32. The summed E-state index contributed by atoms with van der Waals surface area (Å²) in [6.07, 6.45) is 8.43. The Morgan fingerprint density at radius 1 is 1.55 bits per heavy atom. The van der Waals surface area contributed by atoms with E-state index >= 15 is 0 Å². The molecule has 0 aromatic heterocycles. The highest BCUT2D eigenvalue weighted by Gasteiger charge is 2.16. The average Bonchev–Trinajstić information content (AvgIpc) is 2.04. The lowest BCUT2D eigenvalue weighted by Gasteiger charge is -2.14. The van der Waals surface area contributed by atoms with E-state index in [-0.39, 0.29) is 0 Å². The monoisotopic (exact) mass is 166 g/mol.